The lowest BCUT2D eigenvalue weighted by atomic mass is 9.98. The Morgan fingerprint density at radius 2 is 1.53 bits per heavy atom. The van der Waals surface area contributed by atoms with Gasteiger partial charge in [0.05, 0.1) is 19.3 Å². The number of nitrogens with one attached hydrogen (secondary N) is 2. The molecule has 156 valence electrons. The van der Waals surface area contributed by atoms with Gasteiger partial charge in [-0.1, -0.05) is 60.7 Å². The van der Waals surface area contributed by atoms with Crippen molar-refractivity contribution in [2.45, 2.75) is 10.9 Å². The van der Waals surface area contributed by atoms with Crippen molar-refractivity contribution in [1.29, 1.82) is 0 Å². The Balaban J connectivity index is 1.57. The minimum atomic E-state index is -3.67. The molecule has 7 nitrogen and oxygen atoms in total. The monoisotopic (exact) mass is 425 g/mol. The van der Waals surface area contributed by atoms with Crippen LogP contribution in [0.4, 0.5) is 0 Å². The molecule has 0 radical (unpaired) electrons. The van der Waals surface area contributed by atoms with Crippen molar-refractivity contribution in [2.75, 3.05) is 26.3 Å². The van der Waals surface area contributed by atoms with Crippen molar-refractivity contribution in [2.24, 2.45) is 0 Å². The molecule has 0 spiro atoms. The minimum absolute atomic E-state index is 0.0746. The Hall–Kier alpha value is -2.94. The summed E-state index contributed by atoms with van der Waals surface area (Å²) in [7, 11) is -3.67. The van der Waals surface area contributed by atoms with Crippen molar-refractivity contribution in [3.8, 4) is 0 Å². The van der Waals surface area contributed by atoms with Gasteiger partial charge in [0.2, 0.25) is 10.0 Å². The number of sulfonamides is 1. The zero-order valence-corrected chi connectivity index (χ0v) is 17.1. The number of aromatic nitrogens is 1. The number of nitrogens with zero attached hydrogens (tertiary/aromatic N) is 1. The highest BCUT2D eigenvalue weighted by atomic mass is 32.2. The summed E-state index contributed by atoms with van der Waals surface area (Å²) in [4.78, 5) is 15.8. The van der Waals surface area contributed by atoms with E-state index in [9.17, 15) is 13.2 Å². The van der Waals surface area contributed by atoms with E-state index < -0.39 is 10.0 Å². The number of H-pyrrole nitrogens is 1. The van der Waals surface area contributed by atoms with E-state index in [2.05, 4.69) is 10.3 Å². The molecule has 0 atom stereocenters. The van der Waals surface area contributed by atoms with Crippen molar-refractivity contribution in [3.05, 3.63) is 89.7 Å². The number of aromatic amines is 1. The van der Waals surface area contributed by atoms with Crippen molar-refractivity contribution < 1.29 is 17.9 Å². The van der Waals surface area contributed by atoms with Crippen LogP contribution in [0, 0.1) is 0 Å². The van der Waals surface area contributed by atoms with Crippen LogP contribution in [-0.4, -0.2) is 49.9 Å². The summed E-state index contributed by atoms with van der Waals surface area (Å²) < 4.78 is 32.2. The molecule has 1 aliphatic heterocycles. The molecule has 30 heavy (non-hydrogen) atoms. The van der Waals surface area contributed by atoms with E-state index in [0.717, 1.165) is 11.1 Å². The Morgan fingerprint density at radius 1 is 0.967 bits per heavy atom. The lowest BCUT2D eigenvalue weighted by molar-refractivity contribution is 0.0730. The van der Waals surface area contributed by atoms with E-state index in [-0.39, 0.29) is 22.5 Å². The summed E-state index contributed by atoms with van der Waals surface area (Å²) in [5.41, 5.74) is 2.06. The van der Waals surface area contributed by atoms with Crippen LogP contribution in [0.15, 0.2) is 77.8 Å². The number of hydrogen-bond acceptors (Lipinski definition) is 4. The molecule has 2 N–H and O–H groups in total. The molecule has 1 aromatic heterocycles. The third-order valence-electron chi connectivity index (χ3n) is 5.05. The minimum Gasteiger partial charge on any atom is -0.379 e. The topological polar surface area (TPSA) is 91.5 Å². The number of rotatable bonds is 6. The smallest absolute Gasteiger partial charge is 0.268 e. The van der Waals surface area contributed by atoms with Gasteiger partial charge in [0.15, 0.2) is 0 Å². The first kappa shape index (κ1) is 20.3. The van der Waals surface area contributed by atoms with E-state index in [1.807, 2.05) is 60.7 Å². The van der Waals surface area contributed by atoms with Gasteiger partial charge in [-0.15, -0.1) is 0 Å². The van der Waals surface area contributed by atoms with Crippen molar-refractivity contribution in [3.63, 3.8) is 0 Å². The Bertz CT molecular complexity index is 1050. The summed E-state index contributed by atoms with van der Waals surface area (Å²) in [5, 5.41) is 3.01. The van der Waals surface area contributed by atoms with Gasteiger partial charge in [-0.05, 0) is 17.2 Å². The molecule has 2 aromatic carbocycles. The fraction of sp³-hybridized carbons (Fsp3) is 0.227. The molecule has 1 fully saturated rings. The van der Waals surface area contributed by atoms with Crippen LogP contribution in [0.3, 0.4) is 0 Å². The maximum absolute atomic E-state index is 12.9. The second-order valence-electron chi connectivity index (χ2n) is 6.99. The molecule has 1 aliphatic rings. The molecule has 0 bridgehead atoms. The molecular weight excluding hydrogens is 402 g/mol. The third-order valence-corrected chi connectivity index (χ3v) is 6.93. The van der Waals surface area contributed by atoms with E-state index >= 15 is 0 Å². The summed E-state index contributed by atoms with van der Waals surface area (Å²) in [6.07, 6.45) is 1.36. The Kier molecular flexibility index (Phi) is 5.98. The predicted octanol–water partition coefficient (Wildman–Crippen LogP) is 2.55. The SMILES string of the molecule is O=C(NC(c1ccccc1)c1ccccc1)c1cc(S(=O)(=O)N2CCOCC2)c[nH]1. The largest absolute Gasteiger partial charge is 0.379 e. The predicted molar refractivity (Wildman–Crippen MR) is 113 cm³/mol. The van der Waals surface area contributed by atoms with Gasteiger partial charge in [-0.3, -0.25) is 4.79 Å². The Morgan fingerprint density at radius 3 is 2.10 bits per heavy atom. The molecule has 8 heteroatoms. The van der Waals surface area contributed by atoms with Crippen LogP contribution in [0.1, 0.15) is 27.7 Å². The number of amides is 1. The lowest BCUT2D eigenvalue weighted by Gasteiger charge is -2.25. The highest BCUT2D eigenvalue weighted by Gasteiger charge is 2.28. The van der Waals surface area contributed by atoms with E-state index in [4.69, 9.17) is 4.74 Å². The number of ether oxygens (including phenoxy) is 1. The molecular formula is C22H23N3O4S. The standard InChI is InChI=1S/C22H23N3O4S/c26-22(20-15-19(16-23-20)30(27,28)25-11-13-29-14-12-25)24-21(17-7-3-1-4-8-17)18-9-5-2-6-10-18/h1-10,15-16,21,23H,11-14H2,(H,24,26). The molecule has 0 saturated carbocycles. The van der Waals surface area contributed by atoms with Crippen LogP contribution >= 0.6 is 0 Å². The first-order valence-electron chi connectivity index (χ1n) is 9.73. The molecule has 0 unspecified atom stereocenters. The van der Waals surface area contributed by atoms with Gasteiger partial charge >= 0.3 is 0 Å². The van der Waals surface area contributed by atoms with Crippen LogP contribution in [0.5, 0.6) is 0 Å². The van der Waals surface area contributed by atoms with Crippen LogP contribution < -0.4 is 5.32 Å². The quantitative estimate of drug-likeness (QED) is 0.635. The molecule has 1 saturated heterocycles. The number of hydrogen-bond donors (Lipinski definition) is 2. The summed E-state index contributed by atoms with van der Waals surface area (Å²) >= 11 is 0. The number of benzene rings is 2. The van der Waals surface area contributed by atoms with Gasteiger partial charge in [-0.2, -0.15) is 4.31 Å². The third kappa shape index (κ3) is 4.30. The molecule has 0 aliphatic carbocycles. The van der Waals surface area contributed by atoms with Crippen molar-refractivity contribution >= 4 is 15.9 Å². The molecule has 4 rings (SSSR count). The van der Waals surface area contributed by atoms with Gasteiger partial charge in [0.1, 0.15) is 10.6 Å². The number of carbonyl (C=O) groups is 1. The van der Waals surface area contributed by atoms with Crippen LogP contribution in [0.2, 0.25) is 0 Å². The van der Waals surface area contributed by atoms with Gasteiger partial charge in [0, 0.05) is 19.3 Å². The van der Waals surface area contributed by atoms with E-state index in [0.29, 0.717) is 26.3 Å². The fourth-order valence-corrected chi connectivity index (χ4v) is 4.85. The van der Waals surface area contributed by atoms with Gasteiger partial charge in [0.25, 0.3) is 5.91 Å². The second kappa shape index (κ2) is 8.83. The Labute approximate surface area is 175 Å². The van der Waals surface area contributed by atoms with Crippen LogP contribution in [0.25, 0.3) is 0 Å². The highest BCUT2D eigenvalue weighted by molar-refractivity contribution is 7.89. The zero-order chi connectivity index (χ0) is 21.0. The molecule has 2 heterocycles. The first-order chi connectivity index (χ1) is 14.6. The maximum atomic E-state index is 12.9. The maximum Gasteiger partial charge on any atom is 0.268 e. The highest BCUT2D eigenvalue weighted by Crippen LogP contribution is 2.23. The number of morpholine rings is 1. The van der Waals surface area contributed by atoms with Crippen LogP contribution in [-0.2, 0) is 14.8 Å². The molecule has 1 amide bonds. The van der Waals surface area contributed by atoms with Gasteiger partial charge in [-0.25, -0.2) is 8.42 Å². The molecule has 3 aromatic rings. The average molecular weight is 426 g/mol. The fourth-order valence-electron chi connectivity index (χ4n) is 3.45. The summed E-state index contributed by atoms with van der Waals surface area (Å²) in [6.45, 7) is 1.35. The summed E-state index contributed by atoms with van der Waals surface area (Å²) in [6, 6.07) is 20.3. The van der Waals surface area contributed by atoms with E-state index in [1.54, 1.807) is 0 Å². The average Bonchev–Trinajstić information content (AvgIpc) is 3.31. The van der Waals surface area contributed by atoms with Crippen molar-refractivity contribution in [1.82, 2.24) is 14.6 Å². The van der Waals surface area contributed by atoms with Gasteiger partial charge < -0.3 is 15.0 Å². The summed E-state index contributed by atoms with van der Waals surface area (Å²) in [5.74, 6) is -0.379. The first-order valence-corrected chi connectivity index (χ1v) is 11.2. The second-order valence-corrected chi connectivity index (χ2v) is 8.93. The number of carbonyl (C=O) groups excluding carboxylic acids is 1. The van der Waals surface area contributed by atoms with E-state index in [1.165, 1.54) is 16.6 Å². The zero-order valence-electron chi connectivity index (χ0n) is 16.3. The lowest BCUT2D eigenvalue weighted by Crippen LogP contribution is -2.40. The normalized spacial score (nSPS) is 15.2.